The Bertz CT molecular complexity index is 757. The van der Waals surface area contributed by atoms with Gasteiger partial charge in [-0.3, -0.25) is 19.8 Å². The number of aromatic nitrogens is 2. The van der Waals surface area contributed by atoms with Crippen molar-refractivity contribution in [3.8, 4) is 0 Å². The van der Waals surface area contributed by atoms with E-state index in [4.69, 9.17) is 0 Å². The largest absolute Gasteiger partial charge is 0.363 e. The number of guanidine groups is 1. The number of thiophene rings is 1. The topological polar surface area (TPSA) is 101 Å². The number of anilines is 1. The third-order valence-electron chi connectivity index (χ3n) is 4.43. The van der Waals surface area contributed by atoms with E-state index in [1.165, 1.54) is 17.4 Å². The lowest BCUT2D eigenvalue weighted by atomic mass is 10.1. The van der Waals surface area contributed by atoms with Crippen LogP contribution in [0.3, 0.4) is 0 Å². The van der Waals surface area contributed by atoms with E-state index < -0.39 is 4.92 Å². The van der Waals surface area contributed by atoms with E-state index in [1.807, 2.05) is 6.92 Å². The standard InChI is InChI=1S/C17H25N7O2S.HI/c1-2-18-17(19-7-10-23-13-15(12-20-23)24(25)26)21-14-5-8-22(9-6-14)16-4-3-11-27-16;/h3-4,11-14H,2,5-10H2,1H3,(H2,18,19,21);1H. The Hall–Kier alpha value is -1.89. The predicted molar refractivity (Wildman–Crippen MR) is 123 cm³/mol. The molecule has 0 aromatic carbocycles. The first kappa shape index (κ1) is 22.4. The molecular weight excluding hydrogens is 493 g/mol. The maximum absolute atomic E-state index is 10.7. The molecule has 0 saturated carbocycles. The van der Waals surface area contributed by atoms with E-state index in [2.05, 4.69) is 43.1 Å². The van der Waals surface area contributed by atoms with Gasteiger partial charge >= 0.3 is 5.69 Å². The van der Waals surface area contributed by atoms with Crippen LogP contribution in [0.5, 0.6) is 0 Å². The summed E-state index contributed by atoms with van der Waals surface area (Å²) < 4.78 is 1.55. The molecule has 1 aliphatic heterocycles. The minimum Gasteiger partial charge on any atom is -0.363 e. The molecule has 154 valence electrons. The number of halogens is 1. The molecule has 2 aromatic rings. The van der Waals surface area contributed by atoms with E-state index >= 15 is 0 Å². The average molecular weight is 519 g/mol. The lowest BCUT2D eigenvalue weighted by Crippen LogP contribution is -2.48. The Morgan fingerprint density at radius 1 is 1.46 bits per heavy atom. The normalized spacial score (nSPS) is 15.2. The zero-order valence-electron chi connectivity index (χ0n) is 15.8. The van der Waals surface area contributed by atoms with Crippen LogP contribution >= 0.6 is 35.3 Å². The van der Waals surface area contributed by atoms with Gasteiger partial charge in [-0.05, 0) is 37.3 Å². The number of nitro groups is 1. The van der Waals surface area contributed by atoms with Gasteiger partial charge in [0.2, 0.25) is 0 Å². The van der Waals surface area contributed by atoms with Gasteiger partial charge in [-0.15, -0.1) is 35.3 Å². The van der Waals surface area contributed by atoms with Gasteiger partial charge in [0, 0.05) is 25.7 Å². The predicted octanol–water partition coefficient (Wildman–Crippen LogP) is 2.69. The van der Waals surface area contributed by atoms with Crippen LogP contribution in [0.4, 0.5) is 10.7 Å². The van der Waals surface area contributed by atoms with Crippen molar-refractivity contribution >= 4 is 52.0 Å². The lowest BCUT2D eigenvalue weighted by Gasteiger charge is -2.33. The number of nitrogens with one attached hydrogen (secondary N) is 2. The molecule has 0 amide bonds. The maximum atomic E-state index is 10.7. The van der Waals surface area contributed by atoms with Crippen LogP contribution in [0.15, 0.2) is 34.9 Å². The molecule has 2 N–H and O–H groups in total. The van der Waals surface area contributed by atoms with Gasteiger partial charge in [0.25, 0.3) is 0 Å². The van der Waals surface area contributed by atoms with Gasteiger partial charge in [0.15, 0.2) is 5.96 Å². The first-order valence-corrected chi connectivity index (χ1v) is 10.0. The van der Waals surface area contributed by atoms with Gasteiger partial charge in [-0.25, -0.2) is 0 Å². The van der Waals surface area contributed by atoms with Crippen LogP contribution in [0.1, 0.15) is 19.8 Å². The molecule has 0 radical (unpaired) electrons. The summed E-state index contributed by atoms with van der Waals surface area (Å²) in [5.41, 5.74) is 0.00140. The van der Waals surface area contributed by atoms with Crippen LogP contribution in [0.2, 0.25) is 0 Å². The van der Waals surface area contributed by atoms with Crippen molar-refractivity contribution in [3.05, 3.63) is 40.0 Å². The fourth-order valence-corrected chi connectivity index (χ4v) is 3.83. The molecule has 0 bridgehead atoms. The molecule has 0 unspecified atom stereocenters. The van der Waals surface area contributed by atoms with Crippen molar-refractivity contribution < 1.29 is 4.92 Å². The molecule has 0 atom stereocenters. The maximum Gasteiger partial charge on any atom is 0.306 e. The summed E-state index contributed by atoms with van der Waals surface area (Å²) in [6, 6.07) is 4.66. The van der Waals surface area contributed by atoms with E-state index in [0.29, 0.717) is 19.1 Å². The smallest absolute Gasteiger partial charge is 0.306 e. The molecule has 3 rings (SSSR count). The SMILES string of the molecule is CCNC(=NCCn1cc([N+](=O)[O-])cn1)NC1CCN(c2cccs2)CC1.I. The van der Waals surface area contributed by atoms with E-state index in [-0.39, 0.29) is 29.7 Å². The molecule has 0 aliphatic carbocycles. The minimum absolute atomic E-state index is 0. The van der Waals surface area contributed by atoms with Gasteiger partial charge in [0.05, 0.1) is 23.0 Å². The fourth-order valence-electron chi connectivity index (χ4n) is 3.04. The highest BCUT2D eigenvalue weighted by atomic mass is 127. The van der Waals surface area contributed by atoms with Crippen molar-refractivity contribution in [1.29, 1.82) is 0 Å². The summed E-state index contributed by atoms with van der Waals surface area (Å²) in [5.74, 6) is 0.786. The molecule has 2 aromatic heterocycles. The average Bonchev–Trinajstić information content (AvgIpc) is 3.35. The molecular formula is C17H26IN7O2S. The van der Waals surface area contributed by atoms with Crippen molar-refractivity contribution in [2.24, 2.45) is 4.99 Å². The third-order valence-corrected chi connectivity index (χ3v) is 5.36. The Morgan fingerprint density at radius 3 is 2.86 bits per heavy atom. The van der Waals surface area contributed by atoms with Crippen LogP contribution < -0.4 is 15.5 Å². The Balaban J connectivity index is 0.00000280. The molecule has 1 fully saturated rings. The first-order chi connectivity index (χ1) is 13.2. The van der Waals surface area contributed by atoms with E-state index in [9.17, 15) is 10.1 Å². The van der Waals surface area contributed by atoms with Crippen LogP contribution in [0.25, 0.3) is 0 Å². The molecule has 1 saturated heterocycles. The lowest BCUT2D eigenvalue weighted by molar-refractivity contribution is -0.385. The number of nitrogens with zero attached hydrogens (tertiary/aromatic N) is 5. The molecule has 0 spiro atoms. The summed E-state index contributed by atoms with van der Waals surface area (Å²) in [6.45, 7) is 5.90. The summed E-state index contributed by atoms with van der Waals surface area (Å²) >= 11 is 1.78. The second-order valence-electron chi connectivity index (χ2n) is 6.34. The highest BCUT2D eigenvalue weighted by molar-refractivity contribution is 14.0. The molecule has 11 heteroatoms. The molecule has 1 aliphatic rings. The van der Waals surface area contributed by atoms with Crippen molar-refractivity contribution in [3.63, 3.8) is 0 Å². The molecule has 28 heavy (non-hydrogen) atoms. The number of rotatable bonds is 7. The second kappa shape index (κ2) is 11.2. The van der Waals surface area contributed by atoms with E-state index in [1.54, 1.807) is 16.0 Å². The second-order valence-corrected chi connectivity index (χ2v) is 7.26. The van der Waals surface area contributed by atoms with Crippen LogP contribution in [0, 0.1) is 10.1 Å². The monoisotopic (exact) mass is 519 g/mol. The highest BCUT2D eigenvalue weighted by Crippen LogP contribution is 2.24. The number of aliphatic imine (C=N–C) groups is 1. The quantitative estimate of drug-likeness (QED) is 0.192. The third kappa shape index (κ3) is 6.33. The molecule has 9 nitrogen and oxygen atoms in total. The van der Waals surface area contributed by atoms with Gasteiger partial charge in [-0.1, -0.05) is 0 Å². The Morgan fingerprint density at radius 2 is 2.25 bits per heavy atom. The Kier molecular flexibility index (Phi) is 8.96. The van der Waals surface area contributed by atoms with Crippen molar-refractivity contribution in [2.45, 2.75) is 32.4 Å². The fraction of sp³-hybridized carbons (Fsp3) is 0.529. The van der Waals surface area contributed by atoms with Crippen LogP contribution in [-0.4, -0.2) is 52.9 Å². The summed E-state index contributed by atoms with van der Waals surface area (Å²) in [7, 11) is 0. The number of hydrogen-bond donors (Lipinski definition) is 2. The number of hydrogen-bond acceptors (Lipinski definition) is 6. The van der Waals surface area contributed by atoms with Gasteiger partial charge < -0.3 is 15.5 Å². The number of piperidine rings is 1. The minimum atomic E-state index is -0.444. The zero-order chi connectivity index (χ0) is 19.1. The van der Waals surface area contributed by atoms with Crippen molar-refractivity contribution in [2.75, 3.05) is 31.1 Å². The van der Waals surface area contributed by atoms with Crippen molar-refractivity contribution in [1.82, 2.24) is 20.4 Å². The van der Waals surface area contributed by atoms with Gasteiger partial charge in [0.1, 0.15) is 12.4 Å². The zero-order valence-corrected chi connectivity index (χ0v) is 18.9. The van der Waals surface area contributed by atoms with Gasteiger partial charge in [-0.2, -0.15) is 5.10 Å². The first-order valence-electron chi connectivity index (χ1n) is 9.16. The van der Waals surface area contributed by atoms with E-state index in [0.717, 1.165) is 38.4 Å². The molecule has 3 heterocycles. The summed E-state index contributed by atoms with van der Waals surface area (Å²) in [4.78, 5) is 17.3. The Labute approximate surface area is 185 Å². The van der Waals surface area contributed by atoms with Crippen LogP contribution in [-0.2, 0) is 6.54 Å². The highest BCUT2D eigenvalue weighted by Gasteiger charge is 2.20. The summed E-state index contributed by atoms with van der Waals surface area (Å²) in [6.07, 6.45) is 4.81. The summed E-state index contributed by atoms with van der Waals surface area (Å²) in [5, 5.41) is 24.9.